The zero-order valence-corrected chi connectivity index (χ0v) is 6.87. The van der Waals surface area contributed by atoms with Crippen LogP contribution in [0, 0.1) is 6.92 Å². The number of aromatic nitrogens is 1. The van der Waals surface area contributed by atoms with Crippen LogP contribution < -0.4 is 5.56 Å². The second kappa shape index (κ2) is 2.20. The quantitative estimate of drug-likeness (QED) is 0.635. The van der Waals surface area contributed by atoms with Gasteiger partial charge in [-0.05, 0) is 23.8 Å². The van der Waals surface area contributed by atoms with Crippen LogP contribution in [-0.4, -0.2) is 4.98 Å². The van der Waals surface area contributed by atoms with Gasteiger partial charge >= 0.3 is 0 Å². The molecule has 0 aromatic carbocycles. The normalized spacial score (nSPS) is 10.6. The molecular weight excluding hydrogens is 158 g/mol. The molecule has 2 rings (SSSR count). The summed E-state index contributed by atoms with van der Waals surface area (Å²) in [4.78, 5) is 14.0. The smallest absolute Gasteiger partial charge is 0.256 e. The molecule has 2 aromatic rings. The molecule has 0 saturated carbocycles. The van der Waals surface area contributed by atoms with Gasteiger partial charge in [0.1, 0.15) is 0 Å². The van der Waals surface area contributed by atoms with Crippen LogP contribution in [0.5, 0.6) is 0 Å². The van der Waals surface area contributed by atoms with E-state index in [0.29, 0.717) is 0 Å². The van der Waals surface area contributed by atoms with E-state index >= 15 is 0 Å². The number of aromatic amines is 1. The lowest BCUT2D eigenvalue weighted by Gasteiger charge is -1.91. The van der Waals surface area contributed by atoms with Gasteiger partial charge < -0.3 is 4.98 Å². The van der Waals surface area contributed by atoms with Gasteiger partial charge in [0.2, 0.25) is 0 Å². The average molecular weight is 165 g/mol. The van der Waals surface area contributed by atoms with Gasteiger partial charge in [-0.2, -0.15) is 11.3 Å². The summed E-state index contributed by atoms with van der Waals surface area (Å²) in [5.74, 6) is 0. The minimum atomic E-state index is 0.0150. The van der Waals surface area contributed by atoms with Gasteiger partial charge in [0.05, 0.1) is 5.39 Å². The van der Waals surface area contributed by atoms with Crippen molar-refractivity contribution in [1.29, 1.82) is 0 Å². The van der Waals surface area contributed by atoms with Gasteiger partial charge in [-0.15, -0.1) is 0 Å². The average Bonchev–Trinajstić information content (AvgIpc) is 2.34. The van der Waals surface area contributed by atoms with Crippen molar-refractivity contribution < 1.29 is 0 Å². The molecule has 2 aromatic heterocycles. The monoisotopic (exact) mass is 165 g/mol. The Kier molecular flexibility index (Phi) is 1.32. The van der Waals surface area contributed by atoms with Gasteiger partial charge in [-0.25, -0.2) is 0 Å². The van der Waals surface area contributed by atoms with E-state index in [4.69, 9.17) is 0 Å². The summed E-state index contributed by atoms with van der Waals surface area (Å²) in [5, 5.41) is 5.68. The third kappa shape index (κ3) is 0.973. The molecule has 3 heteroatoms. The number of fused-ring (bicyclic) bond motifs is 1. The number of rotatable bonds is 0. The van der Waals surface area contributed by atoms with E-state index in [9.17, 15) is 4.79 Å². The Morgan fingerprint density at radius 2 is 2.27 bits per heavy atom. The van der Waals surface area contributed by atoms with E-state index in [-0.39, 0.29) is 5.56 Å². The molecule has 0 unspecified atom stereocenters. The zero-order chi connectivity index (χ0) is 7.84. The van der Waals surface area contributed by atoms with Crippen molar-refractivity contribution in [3.63, 3.8) is 0 Å². The fourth-order valence-electron chi connectivity index (χ4n) is 1.12. The minimum Gasteiger partial charge on any atom is -0.326 e. The predicted molar refractivity (Wildman–Crippen MR) is 47.2 cm³/mol. The molecule has 0 amide bonds. The van der Waals surface area contributed by atoms with Crippen molar-refractivity contribution in [2.75, 3.05) is 0 Å². The summed E-state index contributed by atoms with van der Waals surface area (Å²) in [5.41, 5.74) is 0.933. The van der Waals surface area contributed by atoms with Crippen molar-refractivity contribution in [3.05, 3.63) is 32.9 Å². The maximum atomic E-state index is 11.2. The van der Waals surface area contributed by atoms with Gasteiger partial charge in [-0.3, -0.25) is 4.79 Å². The lowest BCUT2D eigenvalue weighted by molar-refractivity contribution is 1.17. The molecule has 0 spiro atoms. The van der Waals surface area contributed by atoms with E-state index < -0.39 is 0 Å². The second-order valence-electron chi connectivity index (χ2n) is 2.52. The fourth-order valence-corrected chi connectivity index (χ4v) is 1.91. The summed E-state index contributed by atoms with van der Waals surface area (Å²) in [7, 11) is 0. The SMILES string of the molecule is Cc1cc2cscc2c(=O)[nH]1. The maximum Gasteiger partial charge on any atom is 0.256 e. The van der Waals surface area contributed by atoms with Crippen LogP contribution in [0.2, 0.25) is 0 Å². The van der Waals surface area contributed by atoms with E-state index in [1.54, 1.807) is 11.3 Å². The first-order valence-corrected chi connectivity index (χ1v) is 4.27. The molecular formula is C8H7NOS. The lowest BCUT2D eigenvalue weighted by atomic mass is 10.2. The number of pyridine rings is 1. The first-order valence-electron chi connectivity index (χ1n) is 3.33. The Hall–Kier alpha value is -1.09. The Labute approximate surface area is 67.5 Å². The standard InChI is InChI=1S/C8H7NOS/c1-5-2-6-3-11-4-7(6)8(10)9-5/h2-4H,1H3,(H,9,10). The third-order valence-electron chi connectivity index (χ3n) is 1.62. The van der Waals surface area contributed by atoms with Gasteiger partial charge in [-0.1, -0.05) is 0 Å². The molecule has 0 fully saturated rings. The van der Waals surface area contributed by atoms with Crippen molar-refractivity contribution >= 4 is 22.1 Å². The van der Waals surface area contributed by atoms with E-state index in [1.165, 1.54) is 0 Å². The number of H-pyrrole nitrogens is 1. The number of thiophene rings is 1. The molecule has 0 aliphatic rings. The number of aryl methyl sites for hydroxylation is 1. The molecule has 0 bridgehead atoms. The van der Waals surface area contributed by atoms with E-state index in [0.717, 1.165) is 16.5 Å². The first kappa shape index (κ1) is 6.61. The molecule has 2 nitrogen and oxygen atoms in total. The van der Waals surface area contributed by atoms with Crippen LogP contribution in [0.15, 0.2) is 21.6 Å². The fraction of sp³-hybridized carbons (Fsp3) is 0.125. The molecule has 1 N–H and O–H groups in total. The van der Waals surface area contributed by atoms with Crippen LogP contribution in [-0.2, 0) is 0 Å². The highest BCUT2D eigenvalue weighted by Gasteiger charge is 1.98. The molecule has 0 aliphatic carbocycles. The summed E-state index contributed by atoms with van der Waals surface area (Å²) in [6.45, 7) is 1.89. The topological polar surface area (TPSA) is 32.9 Å². The predicted octanol–water partition coefficient (Wildman–Crippen LogP) is 1.90. The van der Waals surface area contributed by atoms with Crippen molar-refractivity contribution in [1.82, 2.24) is 4.98 Å². The van der Waals surface area contributed by atoms with E-state index in [1.807, 2.05) is 23.8 Å². The van der Waals surface area contributed by atoms with Crippen molar-refractivity contribution in [2.45, 2.75) is 6.92 Å². The Bertz CT molecular complexity index is 441. The van der Waals surface area contributed by atoms with Gasteiger partial charge in [0, 0.05) is 11.1 Å². The Morgan fingerprint density at radius 3 is 3.09 bits per heavy atom. The van der Waals surface area contributed by atoms with Gasteiger partial charge in [0.15, 0.2) is 0 Å². The molecule has 0 radical (unpaired) electrons. The summed E-state index contributed by atoms with van der Waals surface area (Å²) >= 11 is 1.56. The summed E-state index contributed by atoms with van der Waals surface area (Å²) < 4.78 is 0. The van der Waals surface area contributed by atoms with Gasteiger partial charge in [0.25, 0.3) is 5.56 Å². The molecule has 0 aliphatic heterocycles. The zero-order valence-electron chi connectivity index (χ0n) is 6.05. The van der Waals surface area contributed by atoms with Crippen LogP contribution in [0.4, 0.5) is 0 Å². The van der Waals surface area contributed by atoms with Crippen LogP contribution in [0.1, 0.15) is 5.69 Å². The second-order valence-corrected chi connectivity index (χ2v) is 3.27. The van der Waals surface area contributed by atoms with E-state index in [2.05, 4.69) is 4.98 Å². The number of nitrogens with one attached hydrogen (secondary N) is 1. The van der Waals surface area contributed by atoms with Crippen molar-refractivity contribution in [3.8, 4) is 0 Å². The third-order valence-corrected chi connectivity index (χ3v) is 2.38. The molecule has 11 heavy (non-hydrogen) atoms. The Morgan fingerprint density at radius 1 is 1.45 bits per heavy atom. The molecule has 56 valence electrons. The first-order chi connectivity index (χ1) is 5.27. The highest BCUT2D eigenvalue weighted by Crippen LogP contribution is 2.14. The Balaban J connectivity index is 3.02. The highest BCUT2D eigenvalue weighted by molar-refractivity contribution is 7.09. The summed E-state index contributed by atoms with van der Waals surface area (Å²) in [6, 6.07) is 1.98. The molecule has 0 atom stereocenters. The van der Waals surface area contributed by atoms with Crippen LogP contribution in [0.25, 0.3) is 10.8 Å². The largest absolute Gasteiger partial charge is 0.326 e. The van der Waals surface area contributed by atoms with Crippen LogP contribution in [0.3, 0.4) is 0 Å². The lowest BCUT2D eigenvalue weighted by Crippen LogP contribution is -2.05. The molecule has 2 heterocycles. The highest BCUT2D eigenvalue weighted by atomic mass is 32.1. The number of hydrogen-bond acceptors (Lipinski definition) is 2. The maximum absolute atomic E-state index is 11.2. The number of hydrogen-bond donors (Lipinski definition) is 1. The summed E-state index contributed by atoms with van der Waals surface area (Å²) in [6.07, 6.45) is 0. The minimum absolute atomic E-state index is 0.0150. The van der Waals surface area contributed by atoms with Crippen LogP contribution >= 0.6 is 11.3 Å². The molecule has 0 saturated heterocycles. The van der Waals surface area contributed by atoms with Crippen molar-refractivity contribution in [2.24, 2.45) is 0 Å².